The number of aromatic nitrogens is 2. The minimum absolute atomic E-state index is 0.0596. The second kappa shape index (κ2) is 4.55. The summed E-state index contributed by atoms with van der Waals surface area (Å²) in [4.78, 5) is -0.528. The predicted octanol–water partition coefficient (Wildman–Crippen LogP) is 2.13. The van der Waals surface area contributed by atoms with E-state index in [0.717, 1.165) is 17.4 Å². The fourth-order valence-corrected chi connectivity index (χ4v) is 3.10. The van der Waals surface area contributed by atoms with Crippen molar-refractivity contribution in [2.45, 2.75) is 4.90 Å². The highest BCUT2D eigenvalue weighted by atomic mass is 35.5. The highest BCUT2D eigenvalue weighted by Gasteiger charge is 2.21. The van der Waals surface area contributed by atoms with Crippen molar-refractivity contribution in [1.82, 2.24) is 10.2 Å². The van der Waals surface area contributed by atoms with Crippen LogP contribution in [0.4, 0.5) is 9.52 Å². The van der Waals surface area contributed by atoms with Crippen molar-refractivity contribution < 1.29 is 12.8 Å². The molecule has 0 aliphatic rings. The van der Waals surface area contributed by atoms with Crippen LogP contribution in [0, 0.1) is 5.82 Å². The van der Waals surface area contributed by atoms with Crippen LogP contribution in [-0.4, -0.2) is 18.6 Å². The van der Waals surface area contributed by atoms with Crippen molar-refractivity contribution in [2.24, 2.45) is 0 Å². The van der Waals surface area contributed by atoms with E-state index in [-0.39, 0.29) is 10.2 Å². The van der Waals surface area contributed by atoms with Crippen LogP contribution in [0.2, 0.25) is 5.02 Å². The number of benzene rings is 1. The van der Waals surface area contributed by atoms with Crippen molar-refractivity contribution in [2.75, 3.05) is 4.72 Å². The minimum atomic E-state index is -4.04. The highest BCUT2D eigenvalue weighted by molar-refractivity contribution is 7.93. The summed E-state index contributed by atoms with van der Waals surface area (Å²) in [5.74, 6) is -0.994. The van der Waals surface area contributed by atoms with Gasteiger partial charge in [-0.15, -0.1) is 10.2 Å². The van der Waals surface area contributed by atoms with E-state index in [1.807, 2.05) is 0 Å². The standard InChI is InChI=1S/C8H5ClFN3O2S2/c9-5-2-1-3-6(7(5)10)17(14,15)13-8-12-11-4-16-8/h1-4H,(H,12,13). The third-order valence-electron chi connectivity index (χ3n) is 1.79. The van der Waals surface area contributed by atoms with Crippen molar-refractivity contribution in [3.63, 3.8) is 0 Å². The van der Waals surface area contributed by atoms with Gasteiger partial charge < -0.3 is 0 Å². The second-order valence-corrected chi connectivity index (χ2v) is 5.79. The van der Waals surface area contributed by atoms with E-state index in [1.165, 1.54) is 17.6 Å². The molecule has 0 radical (unpaired) electrons. The van der Waals surface area contributed by atoms with Crippen LogP contribution in [-0.2, 0) is 10.0 Å². The van der Waals surface area contributed by atoms with Crippen LogP contribution in [0.25, 0.3) is 0 Å². The first-order chi connectivity index (χ1) is 8.00. The summed E-state index contributed by atoms with van der Waals surface area (Å²) in [5.41, 5.74) is 1.35. The Morgan fingerprint density at radius 2 is 2.18 bits per heavy atom. The summed E-state index contributed by atoms with van der Waals surface area (Å²) in [7, 11) is -4.04. The normalized spacial score (nSPS) is 11.4. The number of hydrogen-bond donors (Lipinski definition) is 1. The van der Waals surface area contributed by atoms with Gasteiger partial charge in [0.15, 0.2) is 5.82 Å². The summed E-state index contributed by atoms with van der Waals surface area (Å²) < 4.78 is 39.2. The summed E-state index contributed by atoms with van der Waals surface area (Å²) in [6.45, 7) is 0. The quantitative estimate of drug-likeness (QED) is 0.941. The number of anilines is 1. The summed E-state index contributed by atoms with van der Waals surface area (Å²) in [6, 6.07) is 3.73. The second-order valence-electron chi connectivity index (χ2n) is 2.90. The molecule has 0 saturated carbocycles. The fourth-order valence-electron chi connectivity index (χ4n) is 1.08. The average molecular weight is 294 g/mol. The van der Waals surface area contributed by atoms with E-state index in [9.17, 15) is 12.8 Å². The van der Waals surface area contributed by atoms with Crippen LogP contribution in [0.3, 0.4) is 0 Å². The molecule has 90 valence electrons. The van der Waals surface area contributed by atoms with E-state index in [1.54, 1.807) is 0 Å². The van der Waals surface area contributed by atoms with Crippen LogP contribution >= 0.6 is 22.9 Å². The summed E-state index contributed by atoms with van der Waals surface area (Å²) >= 11 is 6.50. The molecule has 1 heterocycles. The molecule has 0 saturated heterocycles. The lowest BCUT2D eigenvalue weighted by atomic mass is 10.3. The minimum Gasteiger partial charge on any atom is -0.253 e. The number of nitrogens with zero attached hydrogens (tertiary/aromatic N) is 2. The Balaban J connectivity index is 2.42. The predicted molar refractivity (Wildman–Crippen MR) is 62.1 cm³/mol. The zero-order valence-electron chi connectivity index (χ0n) is 8.09. The molecule has 0 spiro atoms. The molecule has 17 heavy (non-hydrogen) atoms. The van der Waals surface area contributed by atoms with Crippen LogP contribution < -0.4 is 4.72 Å². The van der Waals surface area contributed by atoms with Gasteiger partial charge in [-0.1, -0.05) is 29.0 Å². The van der Waals surface area contributed by atoms with Crippen molar-refractivity contribution in [3.8, 4) is 0 Å². The average Bonchev–Trinajstić information content (AvgIpc) is 2.73. The molecule has 0 aliphatic heterocycles. The Labute approximate surface area is 105 Å². The zero-order valence-corrected chi connectivity index (χ0v) is 10.5. The third kappa shape index (κ3) is 2.54. The smallest absolute Gasteiger partial charge is 0.253 e. The molecular weight excluding hydrogens is 289 g/mol. The van der Waals surface area contributed by atoms with Gasteiger partial charge in [0.1, 0.15) is 10.4 Å². The van der Waals surface area contributed by atoms with Gasteiger partial charge in [0.2, 0.25) is 5.13 Å². The third-order valence-corrected chi connectivity index (χ3v) is 4.17. The number of halogens is 2. The topological polar surface area (TPSA) is 72.0 Å². The molecule has 1 aromatic heterocycles. The number of nitrogens with one attached hydrogen (secondary N) is 1. The lowest BCUT2D eigenvalue weighted by Crippen LogP contribution is -2.14. The van der Waals surface area contributed by atoms with Gasteiger partial charge in [0.25, 0.3) is 10.0 Å². The Morgan fingerprint density at radius 1 is 1.41 bits per heavy atom. The largest absolute Gasteiger partial charge is 0.266 e. The summed E-state index contributed by atoms with van der Waals surface area (Å²) in [5, 5.41) is 6.76. The maximum Gasteiger partial charge on any atom is 0.266 e. The lowest BCUT2D eigenvalue weighted by molar-refractivity contribution is 0.570. The maximum absolute atomic E-state index is 13.5. The first-order valence-electron chi connectivity index (χ1n) is 4.24. The fraction of sp³-hybridized carbons (Fsp3) is 0. The van der Waals surface area contributed by atoms with Crippen molar-refractivity contribution >= 4 is 38.1 Å². The van der Waals surface area contributed by atoms with Crippen molar-refractivity contribution in [1.29, 1.82) is 0 Å². The molecule has 2 aromatic rings. The molecule has 0 bridgehead atoms. The number of hydrogen-bond acceptors (Lipinski definition) is 5. The molecule has 0 amide bonds. The molecule has 0 fully saturated rings. The van der Waals surface area contributed by atoms with Gasteiger partial charge in [-0.3, -0.25) is 4.72 Å². The van der Waals surface area contributed by atoms with Gasteiger partial charge in [-0.25, -0.2) is 12.8 Å². The van der Waals surface area contributed by atoms with Gasteiger partial charge >= 0.3 is 0 Å². The first-order valence-corrected chi connectivity index (χ1v) is 6.98. The molecule has 0 atom stereocenters. The molecule has 5 nitrogen and oxygen atoms in total. The first kappa shape index (κ1) is 12.2. The van der Waals surface area contributed by atoms with Gasteiger partial charge in [-0.05, 0) is 12.1 Å². The number of sulfonamides is 1. The zero-order chi connectivity index (χ0) is 12.5. The monoisotopic (exact) mass is 293 g/mol. The van der Waals surface area contributed by atoms with Gasteiger partial charge in [0.05, 0.1) is 5.02 Å². The van der Waals surface area contributed by atoms with E-state index in [4.69, 9.17) is 11.6 Å². The van der Waals surface area contributed by atoms with Crippen LogP contribution in [0.15, 0.2) is 28.6 Å². The SMILES string of the molecule is O=S(=O)(Nc1nncs1)c1cccc(Cl)c1F. The van der Waals surface area contributed by atoms with Crippen molar-refractivity contribution in [3.05, 3.63) is 34.5 Å². The molecular formula is C8H5ClFN3O2S2. The molecule has 0 aliphatic carbocycles. The van der Waals surface area contributed by atoms with E-state index >= 15 is 0 Å². The summed E-state index contributed by atoms with van der Waals surface area (Å²) in [6.07, 6.45) is 0. The number of rotatable bonds is 3. The molecule has 9 heteroatoms. The molecule has 1 aromatic carbocycles. The molecule has 1 N–H and O–H groups in total. The van der Waals surface area contributed by atoms with Crippen LogP contribution in [0.5, 0.6) is 0 Å². The molecule has 0 unspecified atom stereocenters. The van der Waals surface area contributed by atoms with E-state index in [2.05, 4.69) is 14.9 Å². The Kier molecular flexibility index (Phi) is 3.27. The Hall–Kier alpha value is -1.25. The highest BCUT2D eigenvalue weighted by Crippen LogP contribution is 2.24. The Morgan fingerprint density at radius 3 is 2.82 bits per heavy atom. The van der Waals surface area contributed by atoms with E-state index in [0.29, 0.717) is 0 Å². The van der Waals surface area contributed by atoms with Crippen LogP contribution in [0.1, 0.15) is 0 Å². The maximum atomic E-state index is 13.5. The lowest BCUT2D eigenvalue weighted by Gasteiger charge is -2.06. The van der Waals surface area contributed by atoms with Gasteiger partial charge in [0, 0.05) is 0 Å². The molecule has 2 rings (SSSR count). The van der Waals surface area contributed by atoms with E-state index < -0.39 is 20.7 Å². The van der Waals surface area contributed by atoms with Gasteiger partial charge in [-0.2, -0.15) is 0 Å². The Bertz CT molecular complexity index is 630.